The van der Waals surface area contributed by atoms with Gasteiger partial charge in [0.25, 0.3) is 0 Å². The molecule has 0 saturated carbocycles. The van der Waals surface area contributed by atoms with Gasteiger partial charge in [-0.05, 0) is 36.8 Å². The molecule has 0 unspecified atom stereocenters. The van der Waals surface area contributed by atoms with Crippen molar-refractivity contribution in [2.75, 3.05) is 32.9 Å². The van der Waals surface area contributed by atoms with Crippen molar-refractivity contribution in [3.63, 3.8) is 0 Å². The molecule has 5 heteroatoms. The Kier molecular flexibility index (Phi) is 6.04. The number of nitrogens with zero attached hydrogens (tertiary/aromatic N) is 2. The quantitative estimate of drug-likeness (QED) is 0.619. The van der Waals surface area contributed by atoms with Crippen LogP contribution in [0.4, 0.5) is 0 Å². The molecule has 1 aliphatic rings. The zero-order valence-electron chi connectivity index (χ0n) is 16.3. The van der Waals surface area contributed by atoms with E-state index in [1.165, 1.54) is 5.56 Å². The van der Waals surface area contributed by atoms with E-state index < -0.39 is 0 Å². The van der Waals surface area contributed by atoms with Crippen LogP contribution in [0.2, 0.25) is 0 Å². The summed E-state index contributed by atoms with van der Waals surface area (Å²) in [6.07, 6.45) is 0.720. The Bertz CT molecular complexity index is 869. The summed E-state index contributed by atoms with van der Waals surface area (Å²) in [6, 6.07) is 18.3. The van der Waals surface area contributed by atoms with E-state index in [2.05, 4.69) is 22.0 Å². The molecule has 28 heavy (non-hydrogen) atoms. The third-order valence-corrected chi connectivity index (χ3v) is 4.95. The highest BCUT2D eigenvalue weighted by Crippen LogP contribution is 2.22. The molecule has 1 saturated heterocycles. The zero-order valence-corrected chi connectivity index (χ0v) is 16.3. The highest BCUT2D eigenvalue weighted by molar-refractivity contribution is 5.53. The first-order chi connectivity index (χ1) is 13.8. The molecule has 0 atom stereocenters. The first kappa shape index (κ1) is 18.7. The van der Waals surface area contributed by atoms with Crippen LogP contribution < -0.4 is 4.74 Å². The minimum absolute atomic E-state index is 0.574. The van der Waals surface area contributed by atoms with Crippen LogP contribution in [-0.4, -0.2) is 42.8 Å². The van der Waals surface area contributed by atoms with Gasteiger partial charge in [0, 0.05) is 31.6 Å². The van der Waals surface area contributed by atoms with Crippen molar-refractivity contribution in [1.82, 2.24) is 9.88 Å². The molecule has 3 aromatic rings. The SMILES string of the molecule is Cc1oc(-c2ccccc2)nc1CCOc1ccc(CN2CCOCC2)cc1. The van der Waals surface area contributed by atoms with Gasteiger partial charge in [-0.15, -0.1) is 0 Å². The standard InChI is InChI=1S/C23H26N2O3/c1-18-22(24-23(28-18)20-5-3-2-4-6-20)11-14-27-21-9-7-19(8-10-21)17-25-12-15-26-16-13-25/h2-10H,11-17H2,1H3. The van der Waals surface area contributed by atoms with Crippen molar-refractivity contribution in [3.8, 4) is 17.2 Å². The van der Waals surface area contributed by atoms with E-state index in [1.807, 2.05) is 49.4 Å². The van der Waals surface area contributed by atoms with E-state index in [-0.39, 0.29) is 0 Å². The lowest BCUT2D eigenvalue weighted by Crippen LogP contribution is -2.35. The lowest BCUT2D eigenvalue weighted by atomic mass is 10.2. The number of benzene rings is 2. The fourth-order valence-corrected chi connectivity index (χ4v) is 3.34. The van der Waals surface area contributed by atoms with E-state index in [0.717, 1.165) is 62.0 Å². The highest BCUT2D eigenvalue weighted by atomic mass is 16.5. The van der Waals surface area contributed by atoms with Crippen LogP contribution in [0.5, 0.6) is 5.75 Å². The predicted octanol–water partition coefficient (Wildman–Crippen LogP) is 4.10. The molecule has 146 valence electrons. The van der Waals surface area contributed by atoms with E-state index >= 15 is 0 Å². The van der Waals surface area contributed by atoms with Gasteiger partial charge in [-0.25, -0.2) is 4.98 Å². The second kappa shape index (κ2) is 9.04. The molecule has 1 aromatic heterocycles. The number of oxazole rings is 1. The first-order valence-electron chi connectivity index (χ1n) is 9.81. The van der Waals surface area contributed by atoms with Crippen LogP contribution in [0.15, 0.2) is 59.0 Å². The van der Waals surface area contributed by atoms with Crippen LogP contribution in [0, 0.1) is 6.92 Å². The Balaban J connectivity index is 1.28. The van der Waals surface area contributed by atoms with Gasteiger partial charge in [-0.1, -0.05) is 30.3 Å². The van der Waals surface area contributed by atoms with Gasteiger partial charge in [0.2, 0.25) is 5.89 Å². The summed E-state index contributed by atoms with van der Waals surface area (Å²) in [6.45, 7) is 7.15. The number of hydrogen-bond acceptors (Lipinski definition) is 5. The highest BCUT2D eigenvalue weighted by Gasteiger charge is 2.12. The molecule has 1 aliphatic heterocycles. The Morgan fingerprint density at radius 3 is 2.50 bits per heavy atom. The molecule has 0 radical (unpaired) electrons. The first-order valence-corrected chi connectivity index (χ1v) is 9.81. The molecule has 1 fully saturated rings. The van der Waals surface area contributed by atoms with Crippen molar-refractivity contribution in [2.24, 2.45) is 0 Å². The fraction of sp³-hybridized carbons (Fsp3) is 0.348. The molecule has 0 N–H and O–H groups in total. The minimum atomic E-state index is 0.574. The predicted molar refractivity (Wildman–Crippen MR) is 108 cm³/mol. The molecule has 2 heterocycles. The van der Waals surface area contributed by atoms with E-state index in [4.69, 9.17) is 13.9 Å². The molecule has 5 nitrogen and oxygen atoms in total. The minimum Gasteiger partial charge on any atom is -0.493 e. The van der Waals surface area contributed by atoms with Crippen molar-refractivity contribution in [1.29, 1.82) is 0 Å². The van der Waals surface area contributed by atoms with Crippen molar-refractivity contribution < 1.29 is 13.9 Å². The number of ether oxygens (including phenoxy) is 2. The van der Waals surface area contributed by atoms with Crippen LogP contribution in [0.25, 0.3) is 11.5 Å². The molecule has 0 amide bonds. The van der Waals surface area contributed by atoms with Gasteiger partial charge >= 0.3 is 0 Å². The van der Waals surface area contributed by atoms with Gasteiger partial charge in [-0.2, -0.15) is 0 Å². The Morgan fingerprint density at radius 2 is 1.75 bits per heavy atom. The smallest absolute Gasteiger partial charge is 0.226 e. The average molecular weight is 378 g/mol. The summed E-state index contributed by atoms with van der Waals surface area (Å²) in [5.74, 6) is 2.40. The Morgan fingerprint density at radius 1 is 1.00 bits per heavy atom. The van der Waals surface area contributed by atoms with Crippen LogP contribution in [0.3, 0.4) is 0 Å². The van der Waals surface area contributed by atoms with E-state index in [9.17, 15) is 0 Å². The summed E-state index contributed by atoms with van der Waals surface area (Å²) >= 11 is 0. The summed E-state index contributed by atoms with van der Waals surface area (Å²) in [5, 5.41) is 0. The zero-order chi connectivity index (χ0) is 19.2. The van der Waals surface area contributed by atoms with E-state index in [1.54, 1.807) is 0 Å². The van der Waals surface area contributed by atoms with Crippen molar-refractivity contribution >= 4 is 0 Å². The van der Waals surface area contributed by atoms with Crippen LogP contribution in [-0.2, 0) is 17.7 Å². The Hall–Kier alpha value is -2.63. The van der Waals surface area contributed by atoms with Gasteiger partial charge in [0.15, 0.2) is 0 Å². The van der Waals surface area contributed by atoms with Crippen molar-refractivity contribution in [3.05, 3.63) is 71.6 Å². The third kappa shape index (κ3) is 4.80. The number of aryl methyl sites for hydroxylation is 1. The molecule has 2 aromatic carbocycles. The Labute approximate surface area is 165 Å². The normalized spacial score (nSPS) is 14.9. The maximum atomic E-state index is 5.91. The van der Waals surface area contributed by atoms with Gasteiger partial charge in [0.05, 0.1) is 25.5 Å². The second-order valence-corrected chi connectivity index (χ2v) is 7.02. The van der Waals surface area contributed by atoms with Gasteiger partial charge in [-0.3, -0.25) is 4.90 Å². The fourth-order valence-electron chi connectivity index (χ4n) is 3.34. The average Bonchev–Trinajstić information content (AvgIpc) is 3.11. The topological polar surface area (TPSA) is 47.7 Å². The maximum Gasteiger partial charge on any atom is 0.226 e. The molecule has 0 aliphatic carbocycles. The molecular formula is C23H26N2O3. The van der Waals surface area contributed by atoms with Gasteiger partial charge < -0.3 is 13.9 Å². The number of hydrogen-bond donors (Lipinski definition) is 0. The van der Waals surface area contributed by atoms with Crippen molar-refractivity contribution in [2.45, 2.75) is 19.9 Å². The molecule has 0 bridgehead atoms. The monoisotopic (exact) mass is 378 g/mol. The third-order valence-electron chi connectivity index (χ3n) is 4.95. The lowest BCUT2D eigenvalue weighted by Gasteiger charge is -2.26. The molecule has 4 rings (SSSR count). The molecular weight excluding hydrogens is 352 g/mol. The van der Waals surface area contributed by atoms with Gasteiger partial charge in [0.1, 0.15) is 11.5 Å². The number of aromatic nitrogens is 1. The van der Waals surface area contributed by atoms with Crippen LogP contribution in [0.1, 0.15) is 17.0 Å². The summed E-state index contributed by atoms with van der Waals surface area (Å²) in [5.41, 5.74) is 3.24. The summed E-state index contributed by atoms with van der Waals surface area (Å²) in [4.78, 5) is 7.04. The summed E-state index contributed by atoms with van der Waals surface area (Å²) < 4.78 is 17.1. The lowest BCUT2D eigenvalue weighted by molar-refractivity contribution is 0.0342. The van der Waals surface area contributed by atoms with Crippen LogP contribution >= 0.6 is 0 Å². The maximum absolute atomic E-state index is 5.91. The largest absolute Gasteiger partial charge is 0.493 e. The number of morpholine rings is 1. The molecule has 0 spiro atoms. The number of rotatable bonds is 7. The second-order valence-electron chi connectivity index (χ2n) is 7.02. The van der Waals surface area contributed by atoms with E-state index in [0.29, 0.717) is 12.5 Å². The summed E-state index contributed by atoms with van der Waals surface area (Å²) in [7, 11) is 0.